The minimum atomic E-state index is 0.613. The smallest absolute Gasteiger partial charge is 0.158 e. The Morgan fingerprint density at radius 2 is 2.21 bits per heavy atom. The minimum Gasteiger partial charge on any atom is -0.396 e. The number of hydrogen-bond acceptors (Lipinski definition) is 3. The molecule has 0 bridgehead atoms. The largest absolute Gasteiger partial charge is 0.396 e. The molecule has 2 aromatic rings. The molecule has 0 aromatic carbocycles. The van der Waals surface area contributed by atoms with Gasteiger partial charge in [0, 0.05) is 5.56 Å². The lowest BCUT2D eigenvalue weighted by Gasteiger charge is -2.01. The highest BCUT2D eigenvalue weighted by Gasteiger charge is 2.06. The minimum absolute atomic E-state index is 0.613. The number of rotatable bonds is 2. The van der Waals surface area contributed by atoms with E-state index in [1.807, 2.05) is 6.20 Å². The Bertz CT molecular complexity index is 444. The molecule has 0 aliphatic rings. The van der Waals surface area contributed by atoms with Gasteiger partial charge in [0.1, 0.15) is 0 Å². The van der Waals surface area contributed by atoms with Gasteiger partial charge in [-0.3, -0.25) is 0 Å². The number of hydrogen-bond donors (Lipinski definition) is 1. The molecule has 0 saturated heterocycles. The predicted molar refractivity (Wildman–Crippen MR) is 55.9 cm³/mol. The highest BCUT2D eigenvalue weighted by atomic mass is 15.2. The molecule has 0 aliphatic carbocycles. The van der Waals surface area contributed by atoms with Crippen LogP contribution in [0.2, 0.25) is 0 Å². The summed E-state index contributed by atoms with van der Waals surface area (Å²) >= 11 is 0. The maximum absolute atomic E-state index is 5.61. The molecule has 2 N–H and O–H groups in total. The molecule has 0 aliphatic heterocycles. The molecular formula is C10H14N4. The SMILES string of the molecule is CC(C)Cc1cnn2cc(N)cnc12. The van der Waals surface area contributed by atoms with Gasteiger partial charge >= 0.3 is 0 Å². The van der Waals surface area contributed by atoms with Crippen LogP contribution in [0.25, 0.3) is 5.65 Å². The highest BCUT2D eigenvalue weighted by Crippen LogP contribution is 2.13. The van der Waals surface area contributed by atoms with Gasteiger partial charge in [-0.15, -0.1) is 0 Å². The summed E-state index contributed by atoms with van der Waals surface area (Å²) < 4.78 is 1.73. The van der Waals surface area contributed by atoms with E-state index < -0.39 is 0 Å². The second-order valence-electron chi connectivity index (χ2n) is 3.92. The van der Waals surface area contributed by atoms with Crippen molar-refractivity contribution in [3.8, 4) is 0 Å². The zero-order chi connectivity index (χ0) is 10.1. The van der Waals surface area contributed by atoms with Crippen molar-refractivity contribution in [3.63, 3.8) is 0 Å². The first kappa shape index (κ1) is 8.99. The predicted octanol–water partition coefficient (Wildman–Crippen LogP) is 1.51. The van der Waals surface area contributed by atoms with Gasteiger partial charge in [-0.05, 0) is 12.3 Å². The van der Waals surface area contributed by atoms with E-state index in [9.17, 15) is 0 Å². The van der Waals surface area contributed by atoms with Crippen LogP contribution < -0.4 is 5.73 Å². The van der Waals surface area contributed by atoms with Crippen LogP contribution in [0.4, 0.5) is 5.69 Å². The van der Waals surface area contributed by atoms with Crippen molar-refractivity contribution in [1.82, 2.24) is 14.6 Å². The normalized spacial score (nSPS) is 11.4. The molecule has 0 unspecified atom stereocenters. The fourth-order valence-corrected chi connectivity index (χ4v) is 1.52. The topological polar surface area (TPSA) is 56.2 Å². The fraction of sp³-hybridized carbons (Fsp3) is 0.400. The van der Waals surface area contributed by atoms with Crippen molar-refractivity contribution in [2.45, 2.75) is 20.3 Å². The molecule has 0 radical (unpaired) electrons. The Balaban J connectivity index is 2.47. The summed E-state index contributed by atoms with van der Waals surface area (Å²) in [6, 6.07) is 0. The molecule has 14 heavy (non-hydrogen) atoms. The summed E-state index contributed by atoms with van der Waals surface area (Å²) in [5.74, 6) is 0.613. The summed E-state index contributed by atoms with van der Waals surface area (Å²) in [7, 11) is 0. The lowest BCUT2D eigenvalue weighted by atomic mass is 10.1. The summed E-state index contributed by atoms with van der Waals surface area (Å²) in [5.41, 5.74) is 8.34. The number of anilines is 1. The number of nitrogens with zero attached hydrogens (tertiary/aromatic N) is 3. The number of nitrogen functional groups attached to an aromatic ring is 1. The molecule has 0 spiro atoms. The standard InChI is InChI=1S/C10H14N4/c1-7(2)3-8-4-13-14-6-9(11)5-12-10(8)14/h4-7H,3,11H2,1-2H3. The van der Waals surface area contributed by atoms with Crippen LogP contribution in [0, 0.1) is 5.92 Å². The monoisotopic (exact) mass is 190 g/mol. The van der Waals surface area contributed by atoms with Crippen LogP contribution in [0.5, 0.6) is 0 Å². The molecule has 74 valence electrons. The average Bonchev–Trinajstić information content (AvgIpc) is 2.47. The molecule has 2 rings (SSSR count). The van der Waals surface area contributed by atoms with E-state index in [0.717, 1.165) is 12.1 Å². The number of aromatic nitrogens is 3. The quantitative estimate of drug-likeness (QED) is 0.781. The van der Waals surface area contributed by atoms with Crippen LogP contribution in [0.3, 0.4) is 0 Å². The second-order valence-corrected chi connectivity index (χ2v) is 3.92. The molecule has 0 amide bonds. The second kappa shape index (κ2) is 3.29. The summed E-state index contributed by atoms with van der Waals surface area (Å²) in [5, 5.41) is 4.21. The summed E-state index contributed by atoms with van der Waals surface area (Å²) in [6.07, 6.45) is 6.31. The zero-order valence-corrected chi connectivity index (χ0v) is 8.44. The Kier molecular flexibility index (Phi) is 2.11. The first-order valence-corrected chi connectivity index (χ1v) is 4.74. The van der Waals surface area contributed by atoms with Gasteiger partial charge in [-0.1, -0.05) is 13.8 Å². The Labute approximate surface area is 82.8 Å². The lowest BCUT2D eigenvalue weighted by Crippen LogP contribution is -1.97. The summed E-state index contributed by atoms with van der Waals surface area (Å²) in [6.45, 7) is 4.36. The molecule has 4 heteroatoms. The van der Waals surface area contributed by atoms with Gasteiger partial charge in [0.2, 0.25) is 0 Å². The molecule has 2 heterocycles. The van der Waals surface area contributed by atoms with Gasteiger partial charge in [0.15, 0.2) is 5.65 Å². The molecule has 0 fully saturated rings. The van der Waals surface area contributed by atoms with E-state index in [4.69, 9.17) is 5.73 Å². The first-order chi connectivity index (χ1) is 6.66. The van der Waals surface area contributed by atoms with Crippen LogP contribution in [0.15, 0.2) is 18.6 Å². The molecule has 2 aromatic heterocycles. The van der Waals surface area contributed by atoms with Gasteiger partial charge in [-0.2, -0.15) is 5.10 Å². The zero-order valence-electron chi connectivity index (χ0n) is 8.44. The molecule has 0 saturated carbocycles. The van der Waals surface area contributed by atoms with Crippen LogP contribution >= 0.6 is 0 Å². The fourth-order valence-electron chi connectivity index (χ4n) is 1.52. The van der Waals surface area contributed by atoms with E-state index >= 15 is 0 Å². The van der Waals surface area contributed by atoms with Gasteiger partial charge in [-0.25, -0.2) is 9.50 Å². The Morgan fingerprint density at radius 3 is 2.93 bits per heavy atom. The molecule has 4 nitrogen and oxygen atoms in total. The number of nitrogens with two attached hydrogens (primary N) is 1. The van der Waals surface area contributed by atoms with Crippen molar-refractivity contribution >= 4 is 11.3 Å². The maximum Gasteiger partial charge on any atom is 0.158 e. The van der Waals surface area contributed by atoms with Crippen molar-refractivity contribution in [1.29, 1.82) is 0 Å². The first-order valence-electron chi connectivity index (χ1n) is 4.74. The number of fused-ring (bicyclic) bond motifs is 1. The van der Waals surface area contributed by atoms with Gasteiger partial charge in [0.25, 0.3) is 0 Å². The van der Waals surface area contributed by atoms with Crippen molar-refractivity contribution in [2.75, 3.05) is 5.73 Å². The van der Waals surface area contributed by atoms with E-state index in [-0.39, 0.29) is 0 Å². The van der Waals surface area contributed by atoms with E-state index in [2.05, 4.69) is 23.9 Å². The van der Waals surface area contributed by atoms with Crippen molar-refractivity contribution < 1.29 is 0 Å². The third-order valence-electron chi connectivity index (χ3n) is 2.08. The van der Waals surface area contributed by atoms with Gasteiger partial charge < -0.3 is 5.73 Å². The Morgan fingerprint density at radius 1 is 1.43 bits per heavy atom. The molecule has 0 atom stereocenters. The lowest BCUT2D eigenvalue weighted by molar-refractivity contribution is 0.649. The molecular weight excluding hydrogens is 176 g/mol. The summed E-state index contributed by atoms with van der Waals surface area (Å²) in [4.78, 5) is 4.27. The Hall–Kier alpha value is -1.58. The van der Waals surface area contributed by atoms with E-state index in [1.165, 1.54) is 5.56 Å². The highest BCUT2D eigenvalue weighted by molar-refractivity contribution is 5.49. The van der Waals surface area contributed by atoms with Gasteiger partial charge in [0.05, 0.1) is 24.3 Å². The van der Waals surface area contributed by atoms with Crippen LogP contribution in [0.1, 0.15) is 19.4 Å². The van der Waals surface area contributed by atoms with Crippen LogP contribution in [-0.4, -0.2) is 14.6 Å². The van der Waals surface area contributed by atoms with Crippen molar-refractivity contribution in [2.24, 2.45) is 5.92 Å². The van der Waals surface area contributed by atoms with Crippen LogP contribution in [-0.2, 0) is 6.42 Å². The maximum atomic E-state index is 5.61. The van der Waals surface area contributed by atoms with E-state index in [1.54, 1.807) is 16.9 Å². The third-order valence-corrected chi connectivity index (χ3v) is 2.08. The van der Waals surface area contributed by atoms with E-state index in [0.29, 0.717) is 11.6 Å². The average molecular weight is 190 g/mol. The third kappa shape index (κ3) is 1.55. The van der Waals surface area contributed by atoms with Crippen molar-refractivity contribution in [3.05, 3.63) is 24.2 Å².